The molecule has 184 valence electrons. The number of hydrogen-bond donors (Lipinski definition) is 7. The first-order valence-corrected chi connectivity index (χ1v) is 12.7. The van der Waals surface area contributed by atoms with Gasteiger partial charge in [0.05, 0.1) is 6.20 Å². The van der Waals surface area contributed by atoms with Crippen molar-refractivity contribution in [1.82, 2.24) is 9.55 Å². The summed E-state index contributed by atoms with van der Waals surface area (Å²) in [5.41, 5.74) is -3.90. The molecular weight excluding hydrogens is 535 g/mol. The van der Waals surface area contributed by atoms with Gasteiger partial charge in [-0.2, -0.15) is 8.62 Å². The van der Waals surface area contributed by atoms with E-state index in [1.54, 1.807) is 0 Å². The van der Waals surface area contributed by atoms with Gasteiger partial charge in [0.2, 0.25) is 0 Å². The van der Waals surface area contributed by atoms with Gasteiger partial charge in [0.15, 0.2) is 12.0 Å². The van der Waals surface area contributed by atoms with Crippen LogP contribution in [0, 0.1) is 10.5 Å². The Balaban J connectivity index is 2.26. The zero-order valence-corrected chi connectivity index (χ0v) is 18.8. The Labute approximate surface area is 180 Å². The summed E-state index contributed by atoms with van der Waals surface area (Å²) in [7, 11) is -17.4. The van der Waals surface area contributed by atoms with E-state index in [1.807, 2.05) is 4.98 Å². The lowest BCUT2D eigenvalue weighted by molar-refractivity contribution is -0.205. The van der Waals surface area contributed by atoms with Crippen molar-refractivity contribution >= 4 is 35.7 Å². The molecule has 2 heterocycles. The van der Waals surface area contributed by atoms with Crippen LogP contribution in [0.25, 0.3) is 0 Å². The number of phosphoric ester groups is 1. The number of nitrogens with one attached hydrogen (secondary N) is 1. The molecule has 7 N–H and O–H groups in total. The van der Waals surface area contributed by atoms with Crippen LogP contribution < -0.4 is 5.69 Å². The number of rotatable bonds is 8. The number of aliphatic hydroxyl groups excluding tert-OH is 1. The quantitative estimate of drug-likeness (QED) is 0.162. The van der Waals surface area contributed by atoms with Crippen molar-refractivity contribution in [2.45, 2.75) is 30.7 Å². The molecule has 0 aromatic carbocycles. The minimum Gasteiger partial charge on any atom is -0.384 e. The second kappa shape index (κ2) is 8.79. The van der Waals surface area contributed by atoms with Crippen molar-refractivity contribution in [3.63, 3.8) is 0 Å². The monoisotopic (exact) mass is 550 g/mol. The molecule has 2 rings (SSSR count). The van der Waals surface area contributed by atoms with E-state index in [2.05, 4.69) is 25.4 Å². The summed E-state index contributed by atoms with van der Waals surface area (Å²) in [6.45, 7) is -1.06. The van der Waals surface area contributed by atoms with Crippen LogP contribution in [0.3, 0.4) is 0 Å². The zero-order chi connectivity index (χ0) is 24.9. The molecule has 1 aliphatic rings. The van der Waals surface area contributed by atoms with Crippen LogP contribution in [0.2, 0.25) is 0 Å². The van der Waals surface area contributed by atoms with Crippen LogP contribution in [0.15, 0.2) is 11.0 Å². The first-order chi connectivity index (χ1) is 14.2. The molecule has 0 radical (unpaired) electrons. The number of aromatic nitrogens is 2. The second-order valence-electron chi connectivity index (χ2n) is 6.39. The molecule has 1 aliphatic heterocycles. The predicted molar refractivity (Wildman–Crippen MR) is 96.3 cm³/mol. The largest absolute Gasteiger partial charge is 0.490 e. The maximum absolute atomic E-state index is 15.1. The van der Waals surface area contributed by atoms with Crippen LogP contribution in [0.1, 0.15) is 13.2 Å². The van der Waals surface area contributed by atoms with Crippen molar-refractivity contribution in [2.75, 3.05) is 6.61 Å². The summed E-state index contributed by atoms with van der Waals surface area (Å²) in [6.07, 6.45) is -4.37. The molecule has 1 aromatic rings. The second-order valence-corrected chi connectivity index (χ2v) is 11.2. The van der Waals surface area contributed by atoms with Crippen LogP contribution in [-0.4, -0.2) is 63.5 Å². The van der Waals surface area contributed by atoms with Gasteiger partial charge in [0, 0.05) is 0 Å². The number of aromatic amines is 1. The van der Waals surface area contributed by atoms with E-state index in [9.17, 15) is 38.0 Å². The molecule has 6 atom stereocenters. The maximum Gasteiger partial charge on any atom is 0.490 e. The van der Waals surface area contributed by atoms with E-state index in [4.69, 9.17) is 19.4 Å². The first kappa shape index (κ1) is 27.5. The van der Waals surface area contributed by atoms with Gasteiger partial charge in [-0.15, -0.1) is 0 Å². The van der Waals surface area contributed by atoms with Crippen LogP contribution in [0.5, 0.6) is 0 Å². The molecular formula is C10H15F2N2O14P3S. The molecule has 32 heavy (non-hydrogen) atoms. The number of H-pyrrole nitrogens is 1. The van der Waals surface area contributed by atoms with Crippen molar-refractivity contribution in [1.29, 1.82) is 0 Å². The normalized spacial score (nSPS) is 32.4. The number of halogens is 2. The molecule has 0 bridgehead atoms. The van der Waals surface area contributed by atoms with Gasteiger partial charge < -0.3 is 34.5 Å². The Bertz CT molecular complexity index is 1150. The average molecular weight is 550 g/mol. The molecule has 1 fully saturated rings. The Hall–Kier alpha value is -0.750. The first-order valence-electron chi connectivity index (χ1n) is 7.76. The van der Waals surface area contributed by atoms with Gasteiger partial charge >= 0.3 is 29.2 Å². The summed E-state index contributed by atoms with van der Waals surface area (Å²) in [4.78, 5) is 49.2. The highest BCUT2D eigenvalue weighted by molar-refractivity contribution is 7.71. The fourth-order valence-corrected chi connectivity index (χ4v) is 5.67. The van der Waals surface area contributed by atoms with Crippen molar-refractivity contribution in [3.05, 3.63) is 27.1 Å². The van der Waals surface area contributed by atoms with Gasteiger partial charge in [-0.3, -0.25) is 14.1 Å². The summed E-state index contributed by atoms with van der Waals surface area (Å²) >= 11 is 4.49. The van der Waals surface area contributed by atoms with Crippen LogP contribution >= 0.6 is 35.7 Å². The maximum atomic E-state index is 15.1. The third kappa shape index (κ3) is 6.22. The van der Waals surface area contributed by atoms with Crippen LogP contribution in [0.4, 0.5) is 8.78 Å². The van der Waals surface area contributed by atoms with E-state index in [0.29, 0.717) is 6.20 Å². The lowest BCUT2D eigenvalue weighted by atomic mass is 9.95. The summed E-state index contributed by atoms with van der Waals surface area (Å²) in [6, 6.07) is 0. The van der Waals surface area contributed by atoms with E-state index < -0.39 is 70.0 Å². The summed E-state index contributed by atoms with van der Waals surface area (Å²) in [5.74, 6) is -4.81. The zero-order valence-electron chi connectivity index (χ0n) is 15.3. The van der Waals surface area contributed by atoms with Gasteiger partial charge in [-0.25, -0.2) is 27.3 Å². The number of hydrogen-bond acceptors (Lipinski definition) is 11. The van der Waals surface area contributed by atoms with Gasteiger partial charge in [-0.1, -0.05) is 12.2 Å². The fraction of sp³-hybridized carbons (Fsp3) is 0.600. The molecule has 0 saturated carbocycles. The van der Waals surface area contributed by atoms with Crippen molar-refractivity contribution in [2.24, 2.45) is 0 Å². The molecule has 0 aliphatic carbocycles. The average Bonchev–Trinajstić information content (AvgIpc) is 2.74. The number of nitrogens with zero attached hydrogens (tertiary/aromatic N) is 1. The number of alkyl halides is 1. The Morgan fingerprint density at radius 2 is 1.81 bits per heavy atom. The Morgan fingerprint density at radius 3 is 2.34 bits per heavy atom. The molecule has 1 saturated heterocycles. The lowest BCUT2D eigenvalue weighted by Crippen LogP contribution is -2.49. The minimum atomic E-state index is -5.91. The van der Waals surface area contributed by atoms with E-state index >= 15 is 4.39 Å². The molecule has 1 aromatic heterocycles. The van der Waals surface area contributed by atoms with Gasteiger partial charge in [0.25, 0.3) is 5.85 Å². The fourth-order valence-electron chi connectivity index (χ4n) is 2.50. The SMILES string of the molecule is CC1(O)[C@@H](O)[C@@](F)(COP(=O)(O)OP(=O)(O)OP(=O)(O)O)O[C@H]1n1cc(F)c(=S)[nH]c1=O. The van der Waals surface area contributed by atoms with Crippen LogP contribution in [-0.2, 0) is 31.6 Å². The summed E-state index contributed by atoms with van der Waals surface area (Å²) in [5, 5.41) is 20.5. The standard InChI is InChI=1S/C10H15F2N2O14P3S/c1-9(17)6(15)10(12,26-7(9)14-2-4(11)5(32)13-8(14)16)3-25-30(21,22)28-31(23,24)27-29(18,19)20/h2,6-7,15,17H,3H2,1H3,(H,21,22)(H,23,24)(H,13,16,32)(H2,18,19,20)/t6-,7-,9?,10-/m1/s1. The number of aliphatic hydroxyl groups is 2. The number of ether oxygens (including phenoxy) is 1. The third-order valence-corrected chi connectivity index (χ3v) is 7.87. The molecule has 16 nitrogen and oxygen atoms in total. The number of phosphoric acid groups is 3. The predicted octanol–water partition coefficient (Wildman–Crippen LogP) is -0.305. The van der Waals surface area contributed by atoms with Gasteiger partial charge in [0.1, 0.15) is 23.0 Å². The molecule has 0 spiro atoms. The minimum absolute atomic E-state index is 0.278. The highest BCUT2D eigenvalue weighted by atomic mass is 32.1. The lowest BCUT2D eigenvalue weighted by Gasteiger charge is -2.27. The van der Waals surface area contributed by atoms with E-state index in [1.165, 1.54) is 0 Å². The molecule has 0 amide bonds. The highest BCUT2D eigenvalue weighted by Crippen LogP contribution is 2.66. The smallest absolute Gasteiger partial charge is 0.384 e. The van der Waals surface area contributed by atoms with E-state index in [-0.39, 0.29) is 4.57 Å². The third-order valence-electron chi connectivity index (χ3n) is 3.79. The Morgan fingerprint density at radius 1 is 1.25 bits per heavy atom. The highest BCUT2D eigenvalue weighted by Gasteiger charge is 2.64. The van der Waals surface area contributed by atoms with Crippen molar-refractivity contribution in [3.8, 4) is 0 Å². The van der Waals surface area contributed by atoms with Gasteiger partial charge in [-0.05, 0) is 6.92 Å². The topological polar surface area (TPSA) is 247 Å². The summed E-state index contributed by atoms with van der Waals surface area (Å²) < 4.78 is 77.7. The van der Waals surface area contributed by atoms with Crippen molar-refractivity contribution < 1.29 is 70.1 Å². The van der Waals surface area contributed by atoms with E-state index in [0.717, 1.165) is 6.92 Å². The molecule has 3 unspecified atom stereocenters. The Kier molecular flexibility index (Phi) is 7.56. The molecule has 22 heteroatoms.